The average Bonchev–Trinajstić information content (AvgIpc) is 2.53. The van der Waals surface area contributed by atoms with Gasteiger partial charge in [0.15, 0.2) is 0 Å². The molecule has 22 heavy (non-hydrogen) atoms. The number of aryl methyl sites for hydroxylation is 1. The Bertz CT molecular complexity index is 629. The van der Waals surface area contributed by atoms with Gasteiger partial charge in [-0.25, -0.2) is 9.78 Å². The number of pyridine rings is 1. The fourth-order valence-electron chi connectivity index (χ4n) is 2.00. The number of aromatic nitrogens is 1. The predicted octanol–water partition coefficient (Wildman–Crippen LogP) is 3.25. The van der Waals surface area contributed by atoms with Crippen molar-refractivity contribution in [1.82, 2.24) is 10.3 Å². The Morgan fingerprint density at radius 3 is 2.82 bits per heavy atom. The van der Waals surface area contributed by atoms with Gasteiger partial charge in [-0.15, -0.1) is 0 Å². The highest BCUT2D eigenvalue weighted by Crippen LogP contribution is 2.09. The lowest BCUT2D eigenvalue weighted by Crippen LogP contribution is -2.28. The van der Waals surface area contributed by atoms with E-state index in [1.165, 1.54) is 0 Å². The van der Waals surface area contributed by atoms with Crippen molar-refractivity contribution in [1.29, 1.82) is 0 Å². The van der Waals surface area contributed by atoms with Gasteiger partial charge < -0.3 is 10.1 Å². The van der Waals surface area contributed by atoms with E-state index in [9.17, 15) is 4.79 Å². The molecular formula is C17H21N3O2. The van der Waals surface area contributed by atoms with Crippen molar-refractivity contribution in [3.8, 4) is 0 Å². The first kappa shape index (κ1) is 16.0. The molecular weight excluding hydrogens is 278 g/mol. The Kier molecular flexibility index (Phi) is 5.91. The minimum absolute atomic E-state index is 0.267. The van der Waals surface area contributed by atoms with Gasteiger partial charge in [0.1, 0.15) is 5.82 Å². The molecule has 0 atom stereocenters. The standard InChI is InChI=1S/C17H21N3O2/c1-3-22-12-15-8-4-7-14(10-15)11-19-17(21)20-16-13(2)6-5-9-18-16/h4-10H,3,11-12H2,1-2H3,(H2,18,19,20,21). The SMILES string of the molecule is CCOCc1cccc(CNC(=O)Nc2ncccc2C)c1. The summed E-state index contributed by atoms with van der Waals surface area (Å²) in [6, 6.07) is 11.5. The van der Waals surface area contributed by atoms with Crippen molar-refractivity contribution < 1.29 is 9.53 Å². The van der Waals surface area contributed by atoms with Gasteiger partial charge in [-0.1, -0.05) is 30.3 Å². The molecule has 0 bridgehead atoms. The van der Waals surface area contributed by atoms with Crippen LogP contribution in [0, 0.1) is 6.92 Å². The number of ether oxygens (including phenoxy) is 1. The van der Waals surface area contributed by atoms with E-state index in [1.807, 2.05) is 50.2 Å². The number of benzene rings is 1. The van der Waals surface area contributed by atoms with Gasteiger partial charge in [-0.05, 0) is 36.6 Å². The molecule has 1 heterocycles. The maximum absolute atomic E-state index is 11.9. The van der Waals surface area contributed by atoms with Crippen LogP contribution in [0.4, 0.5) is 10.6 Å². The Labute approximate surface area is 130 Å². The first-order valence-electron chi connectivity index (χ1n) is 7.31. The molecule has 0 saturated heterocycles. The van der Waals surface area contributed by atoms with Crippen LogP contribution in [0.3, 0.4) is 0 Å². The van der Waals surface area contributed by atoms with E-state index in [0.29, 0.717) is 25.6 Å². The third-order valence-corrected chi connectivity index (χ3v) is 3.16. The molecule has 5 heteroatoms. The summed E-state index contributed by atoms with van der Waals surface area (Å²) in [6.07, 6.45) is 1.65. The minimum Gasteiger partial charge on any atom is -0.377 e. The van der Waals surface area contributed by atoms with Crippen LogP contribution in [0.15, 0.2) is 42.6 Å². The van der Waals surface area contributed by atoms with Gasteiger partial charge in [-0.2, -0.15) is 0 Å². The van der Waals surface area contributed by atoms with Gasteiger partial charge in [0.2, 0.25) is 0 Å². The molecule has 1 aromatic heterocycles. The lowest BCUT2D eigenvalue weighted by atomic mass is 10.1. The van der Waals surface area contributed by atoms with E-state index in [0.717, 1.165) is 16.7 Å². The molecule has 0 saturated carbocycles. The van der Waals surface area contributed by atoms with Gasteiger partial charge in [0.25, 0.3) is 0 Å². The smallest absolute Gasteiger partial charge is 0.320 e. The molecule has 0 fully saturated rings. The molecule has 0 unspecified atom stereocenters. The number of hydrogen-bond donors (Lipinski definition) is 2. The summed E-state index contributed by atoms with van der Waals surface area (Å²) < 4.78 is 5.38. The minimum atomic E-state index is -0.267. The number of amides is 2. The average molecular weight is 299 g/mol. The second-order valence-corrected chi connectivity index (χ2v) is 4.93. The number of nitrogens with zero attached hydrogens (tertiary/aromatic N) is 1. The molecule has 2 rings (SSSR count). The molecule has 0 aliphatic rings. The monoisotopic (exact) mass is 299 g/mol. The normalized spacial score (nSPS) is 10.3. The zero-order valence-corrected chi connectivity index (χ0v) is 12.9. The van der Waals surface area contributed by atoms with Gasteiger partial charge >= 0.3 is 6.03 Å². The van der Waals surface area contributed by atoms with Gasteiger partial charge in [-0.3, -0.25) is 5.32 Å². The Morgan fingerprint density at radius 1 is 1.23 bits per heavy atom. The second kappa shape index (κ2) is 8.14. The molecule has 2 amide bonds. The number of nitrogens with one attached hydrogen (secondary N) is 2. The highest BCUT2D eigenvalue weighted by molar-refractivity contribution is 5.88. The van der Waals surface area contributed by atoms with Gasteiger partial charge in [0.05, 0.1) is 6.61 Å². The van der Waals surface area contributed by atoms with E-state index in [4.69, 9.17) is 4.74 Å². The van der Waals surface area contributed by atoms with Crippen molar-refractivity contribution in [2.24, 2.45) is 0 Å². The summed E-state index contributed by atoms with van der Waals surface area (Å²) >= 11 is 0. The molecule has 116 valence electrons. The molecule has 2 N–H and O–H groups in total. The fraction of sp³-hybridized carbons (Fsp3) is 0.294. The van der Waals surface area contributed by atoms with Crippen LogP contribution in [-0.4, -0.2) is 17.6 Å². The zero-order chi connectivity index (χ0) is 15.8. The van der Waals surface area contributed by atoms with Crippen LogP contribution in [0.25, 0.3) is 0 Å². The number of carbonyl (C=O) groups is 1. The molecule has 0 aliphatic carbocycles. The number of hydrogen-bond acceptors (Lipinski definition) is 3. The maximum Gasteiger partial charge on any atom is 0.320 e. The number of rotatable bonds is 6. The lowest BCUT2D eigenvalue weighted by molar-refractivity contribution is 0.134. The van der Waals surface area contributed by atoms with Crippen molar-refractivity contribution >= 4 is 11.8 Å². The number of carbonyl (C=O) groups excluding carboxylic acids is 1. The topological polar surface area (TPSA) is 63.2 Å². The fourth-order valence-corrected chi connectivity index (χ4v) is 2.00. The summed E-state index contributed by atoms with van der Waals surface area (Å²) in [5, 5.41) is 5.57. The molecule has 0 radical (unpaired) electrons. The van der Waals surface area contributed by atoms with E-state index >= 15 is 0 Å². The Hall–Kier alpha value is -2.40. The number of urea groups is 1. The van der Waals surface area contributed by atoms with Crippen LogP contribution < -0.4 is 10.6 Å². The first-order valence-corrected chi connectivity index (χ1v) is 7.31. The highest BCUT2D eigenvalue weighted by Gasteiger charge is 2.05. The second-order valence-electron chi connectivity index (χ2n) is 4.93. The van der Waals surface area contributed by atoms with Crippen LogP contribution in [0.5, 0.6) is 0 Å². The summed E-state index contributed by atoms with van der Waals surface area (Å²) in [6.45, 7) is 5.60. The quantitative estimate of drug-likeness (QED) is 0.860. The largest absolute Gasteiger partial charge is 0.377 e. The van der Waals surface area contributed by atoms with E-state index in [2.05, 4.69) is 15.6 Å². The van der Waals surface area contributed by atoms with Crippen molar-refractivity contribution in [2.75, 3.05) is 11.9 Å². The van der Waals surface area contributed by atoms with E-state index < -0.39 is 0 Å². The van der Waals surface area contributed by atoms with E-state index in [1.54, 1.807) is 6.20 Å². The maximum atomic E-state index is 11.9. The zero-order valence-electron chi connectivity index (χ0n) is 12.9. The predicted molar refractivity (Wildman–Crippen MR) is 86.6 cm³/mol. The molecule has 1 aromatic carbocycles. The third-order valence-electron chi connectivity index (χ3n) is 3.16. The highest BCUT2D eigenvalue weighted by atomic mass is 16.5. The molecule has 2 aromatic rings. The first-order chi connectivity index (χ1) is 10.7. The van der Waals surface area contributed by atoms with Gasteiger partial charge in [0, 0.05) is 19.3 Å². The summed E-state index contributed by atoms with van der Waals surface area (Å²) in [5.41, 5.74) is 3.06. The lowest BCUT2D eigenvalue weighted by Gasteiger charge is -2.09. The Balaban J connectivity index is 1.87. The van der Waals surface area contributed by atoms with Crippen molar-refractivity contribution in [3.05, 3.63) is 59.3 Å². The van der Waals surface area contributed by atoms with Crippen LogP contribution in [0.1, 0.15) is 23.6 Å². The summed E-state index contributed by atoms with van der Waals surface area (Å²) in [7, 11) is 0. The van der Waals surface area contributed by atoms with E-state index in [-0.39, 0.29) is 6.03 Å². The van der Waals surface area contributed by atoms with Crippen LogP contribution in [-0.2, 0) is 17.9 Å². The van der Waals surface area contributed by atoms with Crippen molar-refractivity contribution in [3.63, 3.8) is 0 Å². The molecule has 0 aliphatic heterocycles. The molecule has 5 nitrogen and oxygen atoms in total. The van der Waals surface area contributed by atoms with Crippen LogP contribution >= 0.6 is 0 Å². The van der Waals surface area contributed by atoms with Crippen LogP contribution in [0.2, 0.25) is 0 Å². The summed E-state index contributed by atoms with van der Waals surface area (Å²) in [5.74, 6) is 0.574. The Morgan fingerprint density at radius 2 is 2.05 bits per heavy atom. The number of anilines is 1. The summed E-state index contributed by atoms with van der Waals surface area (Å²) in [4.78, 5) is 16.0. The third kappa shape index (κ3) is 4.86. The van der Waals surface area contributed by atoms with Crippen molar-refractivity contribution in [2.45, 2.75) is 27.0 Å². The molecule has 0 spiro atoms.